The molecule has 2 aliphatic rings. The van der Waals surface area contributed by atoms with Crippen LogP contribution in [0.2, 0.25) is 0 Å². The first-order valence-electron chi connectivity index (χ1n) is 11.6. The number of nitrogens with zero attached hydrogens (tertiary/aromatic N) is 3. The molecule has 2 heterocycles. The van der Waals surface area contributed by atoms with Gasteiger partial charge in [-0.15, -0.1) is 0 Å². The molecule has 0 aliphatic carbocycles. The van der Waals surface area contributed by atoms with E-state index in [0.717, 1.165) is 70.4 Å². The highest BCUT2D eigenvalue weighted by Gasteiger charge is 2.27. The quantitative estimate of drug-likeness (QED) is 0.408. The smallest absolute Gasteiger partial charge is 0.308 e. The average Bonchev–Trinajstić information content (AvgIpc) is 2.83. The molecule has 0 spiro atoms. The van der Waals surface area contributed by atoms with Crippen LogP contribution in [-0.4, -0.2) is 75.2 Å². The zero-order valence-electron chi connectivity index (χ0n) is 19.3. The topological polar surface area (TPSA) is 66.4 Å². The van der Waals surface area contributed by atoms with Crippen LogP contribution in [0.15, 0.2) is 29.3 Å². The van der Waals surface area contributed by atoms with Crippen LogP contribution in [0.4, 0.5) is 0 Å². The molecule has 0 amide bonds. The van der Waals surface area contributed by atoms with Crippen LogP contribution in [-0.2, 0) is 16.1 Å². The van der Waals surface area contributed by atoms with Gasteiger partial charge in [-0.05, 0) is 69.3 Å². The summed E-state index contributed by atoms with van der Waals surface area (Å²) in [6.07, 6.45) is 4.04. The summed E-state index contributed by atoms with van der Waals surface area (Å²) in [5.41, 5.74) is 1.34. The van der Waals surface area contributed by atoms with Crippen molar-refractivity contribution in [3.63, 3.8) is 0 Å². The maximum atomic E-state index is 11.8. The highest BCUT2D eigenvalue weighted by molar-refractivity contribution is 5.80. The number of benzene rings is 1. The Morgan fingerprint density at radius 3 is 2.32 bits per heavy atom. The number of aliphatic imine (C=N–C) groups is 1. The molecule has 172 valence electrons. The predicted molar refractivity (Wildman–Crippen MR) is 123 cm³/mol. The molecule has 31 heavy (non-hydrogen) atoms. The van der Waals surface area contributed by atoms with Crippen molar-refractivity contribution in [2.24, 2.45) is 16.8 Å². The molecule has 0 bridgehead atoms. The van der Waals surface area contributed by atoms with Gasteiger partial charge in [0.25, 0.3) is 0 Å². The van der Waals surface area contributed by atoms with Crippen LogP contribution >= 0.6 is 0 Å². The Kier molecular flexibility index (Phi) is 9.00. The fraction of sp³-hybridized carbons (Fsp3) is 0.667. The Hall–Kier alpha value is -2.28. The highest BCUT2D eigenvalue weighted by Crippen LogP contribution is 2.22. The normalized spacial score (nSPS) is 19.3. The number of piperidine rings is 2. The van der Waals surface area contributed by atoms with Gasteiger partial charge in [0.15, 0.2) is 5.96 Å². The molecular weight excluding hydrogens is 392 g/mol. The summed E-state index contributed by atoms with van der Waals surface area (Å²) in [6.45, 7) is 8.77. The molecule has 7 heteroatoms. The second-order valence-corrected chi connectivity index (χ2v) is 8.55. The molecular formula is C24H38N4O3. The second kappa shape index (κ2) is 11.9. The second-order valence-electron chi connectivity index (χ2n) is 8.55. The summed E-state index contributed by atoms with van der Waals surface area (Å²) >= 11 is 0. The summed E-state index contributed by atoms with van der Waals surface area (Å²) in [5, 5.41) is 3.44. The largest absolute Gasteiger partial charge is 0.497 e. The molecule has 1 N–H and O–H groups in total. The summed E-state index contributed by atoms with van der Waals surface area (Å²) in [5.74, 6) is 2.48. The van der Waals surface area contributed by atoms with Gasteiger partial charge in [-0.3, -0.25) is 14.7 Å². The molecule has 0 radical (unpaired) electrons. The molecule has 0 saturated carbocycles. The zero-order chi connectivity index (χ0) is 22.1. The van der Waals surface area contributed by atoms with Crippen molar-refractivity contribution in [1.82, 2.24) is 15.1 Å². The molecule has 1 aromatic rings. The number of ether oxygens (including phenoxy) is 2. The first-order valence-corrected chi connectivity index (χ1v) is 11.6. The van der Waals surface area contributed by atoms with Crippen molar-refractivity contribution < 1.29 is 14.3 Å². The molecule has 3 rings (SSSR count). The minimum atomic E-state index is -0.0806. The van der Waals surface area contributed by atoms with Gasteiger partial charge in [0.1, 0.15) is 5.75 Å². The lowest BCUT2D eigenvalue weighted by molar-refractivity contribution is -0.146. The number of hydrogen-bond acceptors (Lipinski definition) is 5. The number of guanidine groups is 1. The van der Waals surface area contributed by atoms with E-state index in [1.807, 2.05) is 12.1 Å². The van der Waals surface area contributed by atoms with E-state index in [2.05, 4.69) is 34.2 Å². The van der Waals surface area contributed by atoms with Gasteiger partial charge in [-0.1, -0.05) is 12.1 Å². The lowest BCUT2D eigenvalue weighted by Crippen LogP contribution is -2.47. The third-order valence-electron chi connectivity index (χ3n) is 6.44. The number of esters is 1. The third-order valence-corrected chi connectivity index (χ3v) is 6.44. The van der Waals surface area contributed by atoms with E-state index in [9.17, 15) is 4.79 Å². The standard InChI is InChI=1S/C24H38N4O3/c1-4-25-24(28-15-11-21(12-16-28)23(29)31-3)26-17-19-9-13-27(14-10-19)18-20-5-7-22(30-2)8-6-20/h5-8,19,21H,4,9-18H2,1-3H3,(H,25,26). The van der Waals surface area contributed by atoms with E-state index < -0.39 is 0 Å². The molecule has 0 atom stereocenters. The van der Waals surface area contributed by atoms with Crippen LogP contribution in [0.1, 0.15) is 38.2 Å². The summed E-state index contributed by atoms with van der Waals surface area (Å²) in [6, 6.07) is 8.38. The van der Waals surface area contributed by atoms with Gasteiger partial charge in [-0.25, -0.2) is 0 Å². The van der Waals surface area contributed by atoms with Crippen LogP contribution in [0, 0.1) is 11.8 Å². The van der Waals surface area contributed by atoms with E-state index in [0.29, 0.717) is 5.92 Å². The summed E-state index contributed by atoms with van der Waals surface area (Å²) < 4.78 is 10.1. The van der Waals surface area contributed by atoms with E-state index in [4.69, 9.17) is 14.5 Å². The minimum absolute atomic E-state index is 0.0270. The number of rotatable bonds is 7. The van der Waals surface area contributed by atoms with Gasteiger partial charge < -0.3 is 19.7 Å². The number of carbonyl (C=O) groups is 1. The van der Waals surface area contributed by atoms with Crippen molar-refractivity contribution in [2.45, 2.75) is 39.2 Å². The van der Waals surface area contributed by atoms with Gasteiger partial charge in [0.2, 0.25) is 0 Å². The van der Waals surface area contributed by atoms with E-state index >= 15 is 0 Å². The molecule has 0 aromatic heterocycles. The van der Waals surface area contributed by atoms with Crippen molar-refractivity contribution in [1.29, 1.82) is 0 Å². The number of methoxy groups -OCH3 is 2. The highest BCUT2D eigenvalue weighted by atomic mass is 16.5. The molecule has 1 aromatic carbocycles. The number of likely N-dealkylation sites (tertiary alicyclic amines) is 2. The maximum absolute atomic E-state index is 11.8. The van der Waals surface area contributed by atoms with Gasteiger partial charge in [-0.2, -0.15) is 0 Å². The number of nitrogens with one attached hydrogen (secondary N) is 1. The fourth-order valence-corrected chi connectivity index (χ4v) is 4.45. The maximum Gasteiger partial charge on any atom is 0.308 e. The SMILES string of the molecule is CCNC(=NCC1CCN(Cc2ccc(OC)cc2)CC1)N1CCC(C(=O)OC)CC1. The number of hydrogen-bond donors (Lipinski definition) is 1. The Bertz CT molecular complexity index is 706. The van der Waals surface area contributed by atoms with E-state index in [1.54, 1.807) is 7.11 Å². The zero-order valence-corrected chi connectivity index (χ0v) is 19.3. The van der Waals surface area contributed by atoms with Crippen molar-refractivity contribution in [2.75, 3.05) is 53.5 Å². The Morgan fingerprint density at radius 1 is 1.06 bits per heavy atom. The summed E-state index contributed by atoms with van der Waals surface area (Å²) in [4.78, 5) is 21.6. The Labute approximate surface area is 186 Å². The van der Waals surface area contributed by atoms with E-state index in [1.165, 1.54) is 25.5 Å². The lowest BCUT2D eigenvalue weighted by Gasteiger charge is -2.34. The molecule has 2 aliphatic heterocycles. The van der Waals surface area contributed by atoms with Gasteiger partial charge in [0.05, 0.1) is 20.1 Å². The van der Waals surface area contributed by atoms with Crippen molar-refractivity contribution >= 4 is 11.9 Å². The van der Waals surface area contributed by atoms with Gasteiger partial charge >= 0.3 is 5.97 Å². The van der Waals surface area contributed by atoms with Crippen LogP contribution < -0.4 is 10.1 Å². The first-order chi connectivity index (χ1) is 15.1. The summed E-state index contributed by atoms with van der Waals surface area (Å²) in [7, 11) is 3.18. The lowest BCUT2D eigenvalue weighted by atomic mass is 9.96. The molecule has 0 unspecified atom stereocenters. The van der Waals surface area contributed by atoms with Crippen LogP contribution in [0.25, 0.3) is 0 Å². The van der Waals surface area contributed by atoms with Gasteiger partial charge in [0, 0.05) is 32.7 Å². The molecule has 2 fully saturated rings. The van der Waals surface area contributed by atoms with Crippen LogP contribution in [0.5, 0.6) is 5.75 Å². The average molecular weight is 431 g/mol. The Morgan fingerprint density at radius 2 is 1.74 bits per heavy atom. The molecule has 2 saturated heterocycles. The first kappa shape index (κ1) is 23.4. The minimum Gasteiger partial charge on any atom is -0.497 e. The van der Waals surface area contributed by atoms with Crippen LogP contribution in [0.3, 0.4) is 0 Å². The van der Waals surface area contributed by atoms with E-state index in [-0.39, 0.29) is 11.9 Å². The number of carbonyl (C=O) groups excluding carboxylic acids is 1. The predicted octanol–water partition coefficient (Wildman–Crippen LogP) is 2.76. The molecule has 7 nitrogen and oxygen atoms in total. The van der Waals surface area contributed by atoms with Crippen molar-refractivity contribution in [3.8, 4) is 5.75 Å². The van der Waals surface area contributed by atoms with Crippen molar-refractivity contribution in [3.05, 3.63) is 29.8 Å². The Balaban J connectivity index is 1.45. The third kappa shape index (κ3) is 6.86. The monoisotopic (exact) mass is 430 g/mol. The fourth-order valence-electron chi connectivity index (χ4n) is 4.45.